The summed E-state index contributed by atoms with van der Waals surface area (Å²) in [7, 11) is 0. The Kier molecular flexibility index (Phi) is 6.46. The first-order valence-corrected chi connectivity index (χ1v) is 10.8. The molecule has 0 fully saturated rings. The maximum Gasteiger partial charge on any atom is 0.255 e. The molecule has 0 aliphatic carbocycles. The van der Waals surface area contributed by atoms with E-state index in [4.69, 9.17) is 12.2 Å². The highest BCUT2D eigenvalue weighted by Gasteiger charge is 2.14. The molecule has 7 nitrogen and oxygen atoms in total. The molecule has 0 atom stereocenters. The van der Waals surface area contributed by atoms with Crippen molar-refractivity contribution < 1.29 is 9.59 Å². The first-order valence-electron chi connectivity index (χ1n) is 10.4. The van der Waals surface area contributed by atoms with Crippen molar-refractivity contribution in [2.45, 2.75) is 20.4 Å². The largest absolute Gasteiger partial charge is 0.324 e. The van der Waals surface area contributed by atoms with Gasteiger partial charge in [-0.05, 0) is 55.9 Å². The van der Waals surface area contributed by atoms with Gasteiger partial charge in [-0.1, -0.05) is 54.1 Å². The van der Waals surface area contributed by atoms with Crippen molar-refractivity contribution in [2.75, 3.05) is 10.6 Å². The van der Waals surface area contributed by atoms with Gasteiger partial charge in [-0.2, -0.15) is 5.10 Å². The maximum atomic E-state index is 12.9. The Bertz CT molecular complexity index is 1360. The van der Waals surface area contributed by atoms with Gasteiger partial charge in [0.1, 0.15) is 6.54 Å². The average molecular weight is 458 g/mol. The number of aromatic amines is 1. The summed E-state index contributed by atoms with van der Waals surface area (Å²) in [6.45, 7) is 3.89. The molecule has 0 unspecified atom stereocenters. The minimum atomic E-state index is -0.254. The van der Waals surface area contributed by atoms with Crippen LogP contribution in [0.1, 0.15) is 21.5 Å². The SMILES string of the molecule is Cc1ccc(-c2n[nH]c(=S)n2CC(=O)Nc2cc(NC(=O)c3ccccc3)ccc2C)cc1. The molecule has 1 aromatic heterocycles. The number of benzene rings is 3. The fraction of sp³-hybridized carbons (Fsp3) is 0.120. The zero-order chi connectivity index (χ0) is 23.4. The molecule has 0 spiro atoms. The Morgan fingerprint density at radius 1 is 0.970 bits per heavy atom. The Labute approximate surface area is 196 Å². The molecular formula is C25H23N5O2S. The maximum absolute atomic E-state index is 12.9. The van der Waals surface area contributed by atoms with Gasteiger partial charge in [-0.15, -0.1) is 0 Å². The van der Waals surface area contributed by atoms with E-state index in [1.54, 1.807) is 28.8 Å². The number of carbonyl (C=O) groups excluding carboxylic acids is 2. The molecule has 8 heteroatoms. The minimum absolute atomic E-state index is 0.00140. The Balaban J connectivity index is 1.50. The van der Waals surface area contributed by atoms with Gasteiger partial charge in [-0.25, -0.2) is 0 Å². The summed E-state index contributed by atoms with van der Waals surface area (Å²) in [6, 6.07) is 22.2. The highest BCUT2D eigenvalue weighted by atomic mass is 32.1. The lowest BCUT2D eigenvalue weighted by molar-refractivity contribution is -0.116. The average Bonchev–Trinajstić information content (AvgIpc) is 3.17. The van der Waals surface area contributed by atoms with E-state index in [0.717, 1.165) is 16.7 Å². The van der Waals surface area contributed by atoms with Crippen LogP contribution < -0.4 is 10.6 Å². The fourth-order valence-corrected chi connectivity index (χ4v) is 3.54. The third-order valence-corrected chi connectivity index (χ3v) is 5.49. The monoisotopic (exact) mass is 457 g/mol. The Hall–Kier alpha value is -4.04. The Morgan fingerprint density at radius 2 is 1.70 bits per heavy atom. The van der Waals surface area contributed by atoms with Crippen LogP contribution in [0.5, 0.6) is 0 Å². The van der Waals surface area contributed by atoms with E-state index < -0.39 is 0 Å². The number of hydrogen-bond donors (Lipinski definition) is 3. The van der Waals surface area contributed by atoms with Gasteiger partial charge in [0.15, 0.2) is 10.6 Å². The molecule has 0 radical (unpaired) electrons. The normalized spacial score (nSPS) is 10.6. The summed E-state index contributed by atoms with van der Waals surface area (Å²) in [5.74, 6) is 0.121. The quantitative estimate of drug-likeness (QED) is 0.351. The van der Waals surface area contributed by atoms with Crippen LogP contribution in [0.2, 0.25) is 0 Å². The lowest BCUT2D eigenvalue weighted by atomic mass is 10.1. The van der Waals surface area contributed by atoms with E-state index >= 15 is 0 Å². The number of carbonyl (C=O) groups is 2. The molecule has 1 heterocycles. The van der Waals surface area contributed by atoms with Crippen molar-refractivity contribution in [3.63, 3.8) is 0 Å². The molecule has 33 heavy (non-hydrogen) atoms. The fourth-order valence-electron chi connectivity index (χ4n) is 3.35. The molecule has 0 bridgehead atoms. The van der Waals surface area contributed by atoms with Gasteiger partial charge >= 0.3 is 0 Å². The number of anilines is 2. The predicted molar refractivity (Wildman–Crippen MR) is 132 cm³/mol. The van der Waals surface area contributed by atoms with Crippen LogP contribution in [-0.2, 0) is 11.3 Å². The van der Waals surface area contributed by atoms with Crippen molar-refractivity contribution in [3.8, 4) is 11.4 Å². The van der Waals surface area contributed by atoms with Gasteiger partial charge in [0.2, 0.25) is 5.91 Å². The van der Waals surface area contributed by atoms with Crippen molar-refractivity contribution in [1.82, 2.24) is 14.8 Å². The van der Waals surface area contributed by atoms with Gasteiger partial charge in [0.25, 0.3) is 5.91 Å². The van der Waals surface area contributed by atoms with Gasteiger partial charge < -0.3 is 10.6 Å². The molecule has 0 aliphatic heterocycles. The number of amides is 2. The first-order chi connectivity index (χ1) is 15.9. The van der Waals surface area contributed by atoms with Crippen LogP contribution >= 0.6 is 12.2 Å². The van der Waals surface area contributed by atoms with Crippen LogP contribution in [0.25, 0.3) is 11.4 Å². The second-order valence-corrected chi connectivity index (χ2v) is 8.09. The molecule has 4 rings (SSSR count). The third kappa shape index (κ3) is 5.24. The second-order valence-electron chi connectivity index (χ2n) is 7.70. The van der Waals surface area contributed by atoms with Gasteiger partial charge in [0, 0.05) is 22.5 Å². The van der Waals surface area contributed by atoms with Crippen molar-refractivity contribution in [3.05, 3.63) is 94.3 Å². The summed E-state index contributed by atoms with van der Waals surface area (Å²) in [6.07, 6.45) is 0. The highest BCUT2D eigenvalue weighted by Crippen LogP contribution is 2.22. The molecule has 166 valence electrons. The summed E-state index contributed by atoms with van der Waals surface area (Å²) in [5.41, 5.74) is 4.62. The number of rotatable bonds is 6. The molecule has 0 saturated carbocycles. The lowest BCUT2D eigenvalue weighted by Crippen LogP contribution is -2.20. The topological polar surface area (TPSA) is 91.8 Å². The molecule has 3 aromatic carbocycles. The number of nitrogens with zero attached hydrogens (tertiary/aromatic N) is 2. The number of aromatic nitrogens is 3. The zero-order valence-corrected chi connectivity index (χ0v) is 19.1. The first kappa shape index (κ1) is 22.2. The number of aryl methyl sites for hydroxylation is 2. The third-order valence-electron chi connectivity index (χ3n) is 5.18. The van der Waals surface area contributed by atoms with Crippen LogP contribution in [0.4, 0.5) is 11.4 Å². The molecule has 4 aromatic rings. The number of nitrogens with one attached hydrogen (secondary N) is 3. The Morgan fingerprint density at radius 3 is 2.42 bits per heavy atom. The lowest BCUT2D eigenvalue weighted by Gasteiger charge is -2.13. The molecule has 2 amide bonds. The standard InChI is InChI=1S/C25H23N5O2S/c1-16-8-11-18(12-9-16)23-28-29-25(33)30(23)15-22(31)27-21-14-20(13-10-17(21)2)26-24(32)19-6-4-3-5-7-19/h3-14H,15H2,1-2H3,(H,26,32)(H,27,31)(H,29,33). The van der Waals surface area contributed by atoms with Crippen LogP contribution in [0.15, 0.2) is 72.8 Å². The molecule has 3 N–H and O–H groups in total. The number of H-pyrrole nitrogens is 1. The predicted octanol–water partition coefficient (Wildman–Crippen LogP) is 5.12. The van der Waals surface area contributed by atoms with Crippen LogP contribution in [0, 0.1) is 18.6 Å². The van der Waals surface area contributed by atoms with E-state index in [1.165, 1.54) is 0 Å². The van der Waals surface area contributed by atoms with Gasteiger partial charge in [-0.3, -0.25) is 19.3 Å². The van der Waals surface area contributed by atoms with E-state index in [0.29, 0.717) is 27.5 Å². The van der Waals surface area contributed by atoms with Gasteiger partial charge in [0.05, 0.1) is 0 Å². The summed E-state index contributed by atoms with van der Waals surface area (Å²) in [4.78, 5) is 25.3. The molecular weight excluding hydrogens is 434 g/mol. The minimum Gasteiger partial charge on any atom is -0.324 e. The molecule has 0 saturated heterocycles. The highest BCUT2D eigenvalue weighted by molar-refractivity contribution is 7.71. The van der Waals surface area contributed by atoms with Crippen molar-refractivity contribution >= 4 is 35.4 Å². The van der Waals surface area contributed by atoms with Crippen LogP contribution in [-0.4, -0.2) is 26.6 Å². The zero-order valence-electron chi connectivity index (χ0n) is 18.3. The second kappa shape index (κ2) is 9.62. The van der Waals surface area contributed by atoms with E-state index in [1.807, 2.05) is 62.4 Å². The number of hydrogen-bond acceptors (Lipinski definition) is 4. The smallest absolute Gasteiger partial charge is 0.255 e. The summed E-state index contributed by atoms with van der Waals surface area (Å²) < 4.78 is 2.02. The molecule has 0 aliphatic rings. The van der Waals surface area contributed by atoms with E-state index in [9.17, 15) is 9.59 Å². The summed E-state index contributed by atoms with van der Waals surface area (Å²) >= 11 is 5.34. The van der Waals surface area contributed by atoms with Crippen molar-refractivity contribution in [1.29, 1.82) is 0 Å². The van der Waals surface area contributed by atoms with E-state index in [-0.39, 0.29) is 18.4 Å². The van der Waals surface area contributed by atoms with E-state index in [2.05, 4.69) is 20.8 Å². The van der Waals surface area contributed by atoms with Crippen molar-refractivity contribution in [2.24, 2.45) is 0 Å². The van der Waals surface area contributed by atoms with Crippen LogP contribution in [0.3, 0.4) is 0 Å². The summed E-state index contributed by atoms with van der Waals surface area (Å²) in [5, 5.41) is 12.8.